The van der Waals surface area contributed by atoms with Gasteiger partial charge in [-0.15, -0.1) is 0 Å². The van der Waals surface area contributed by atoms with E-state index in [-0.39, 0.29) is 0 Å². The third-order valence-electron chi connectivity index (χ3n) is 4.07. The van der Waals surface area contributed by atoms with Crippen molar-refractivity contribution < 1.29 is 9.47 Å². The fourth-order valence-electron chi connectivity index (χ4n) is 2.92. The van der Waals surface area contributed by atoms with Gasteiger partial charge in [0.25, 0.3) is 0 Å². The summed E-state index contributed by atoms with van der Waals surface area (Å²) in [4.78, 5) is 4.73. The Bertz CT molecular complexity index is 954. The van der Waals surface area contributed by atoms with Crippen LogP contribution in [0.1, 0.15) is 25.2 Å². The van der Waals surface area contributed by atoms with Crippen molar-refractivity contribution in [2.45, 2.75) is 27.0 Å². The Labute approximate surface area is 154 Å². The number of imidazole rings is 1. The van der Waals surface area contributed by atoms with Crippen molar-refractivity contribution in [3.63, 3.8) is 0 Å². The van der Waals surface area contributed by atoms with Gasteiger partial charge in [-0.25, -0.2) is 4.98 Å². The third-order valence-corrected chi connectivity index (χ3v) is 4.07. The first-order chi connectivity index (χ1) is 12.6. The van der Waals surface area contributed by atoms with Crippen LogP contribution >= 0.6 is 0 Å². The molecule has 0 amide bonds. The molecule has 134 valence electrons. The molecule has 0 aliphatic carbocycles. The quantitative estimate of drug-likeness (QED) is 0.548. The average Bonchev–Trinajstić information content (AvgIpc) is 2.98. The number of fused-ring (bicyclic) bond motifs is 1. The number of hydrogen-bond donors (Lipinski definition) is 0. The molecule has 0 N–H and O–H groups in total. The van der Waals surface area contributed by atoms with E-state index in [9.17, 15) is 0 Å². The van der Waals surface area contributed by atoms with Crippen LogP contribution < -0.4 is 9.47 Å². The van der Waals surface area contributed by atoms with Gasteiger partial charge < -0.3 is 14.0 Å². The highest BCUT2D eigenvalue weighted by Gasteiger charge is 2.12. The molecule has 2 aromatic carbocycles. The van der Waals surface area contributed by atoms with Gasteiger partial charge in [0.2, 0.25) is 0 Å². The fourth-order valence-corrected chi connectivity index (χ4v) is 2.92. The molecule has 26 heavy (non-hydrogen) atoms. The first-order valence-corrected chi connectivity index (χ1v) is 8.64. The van der Waals surface area contributed by atoms with Crippen LogP contribution in [0.2, 0.25) is 0 Å². The van der Waals surface area contributed by atoms with Crippen LogP contribution in [0.25, 0.3) is 17.1 Å². The summed E-state index contributed by atoms with van der Waals surface area (Å²) in [6.45, 7) is 9.12. The van der Waals surface area contributed by atoms with E-state index in [4.69, 9.17) is 14.5 Å². The van der Waals surface area contributed by atoms with Gasteiger partial charge >= 0.3 is 0 Å². The number of nitrogens with zero attached hydrogens (tertiary/aromatic N) is 2. The maximum Gasteiger partial charge on any atom is 0.161 e. The zero-order chi connectivity index (χ0) is 18.5. The number of benzene rings is 2. The molecule has 3 aromatic rings. The lowest BCUT2D eigenvalue weighted by molar-refractivity contribution is 0.272. The number of para-hydroxylation sites is 2. The summed E-state index contributed by atoms with van der Waals surface area (Å²) in [6, 6.07) is 14.0. The van der Waals surface area contributed by atoms with Gasteiger partial charge in [0, 0.05) is 6.54 Å². The average molecular weight is 348 g/mol. The molecule has 0 fully saturated rings. The molecule has 0 radical (unpaired) electrons. The molecule has 0 saturated heterocycles. The van der Waals surface area contributed by atoms with Gasteiger partial charge in [-0.1, -0.05) is 42.5 Å². The molecule has 4 heteroatoms. The van der Waals surface area contributed by atoms with E-state index in [2.05, 4.69) is 17.2 Å². The monoisotopic (exact) mass is 348 g/mol. The highest BCUT2D eigenvalue weighted by atomic mass is 16.5. The summed E-state index contributed by atoms with van der Waals surface area (Å²) in [5, 5.41) is 0. The number of hydrogen-bond acceptors (Lipinski definition) is 3. The van der Waals surface area contributed by atoms with Gasteiger partial charge in [0.1, 0.15) is 12.4 Å². The predicted octanol–water partition coefficient (Wildman–Crippen LogP) is 5.23. The van der Waals surface area contributed by atoms with E-state index in [1.54, 1.807) is 7.11 Å². The molecule has 0 spiro atoms. The SMILES string of the molecule is C=C(C)Cn1c(COc2ccc(/C=C\C)cc2OC)nc2ccccc21. The molecule has 1 heterocycles. The van der Waals surface area contributed by atoms with Gasteiger partial charge in [0.05, 0.1) is 18.1 Å². The molecule has 3 rings (SSSR count). The molecule has 0 atom stereocenters. The predicted molar refractivity (Wildman–Crippen MR) is 107 cm³/mol. The molecular formula is C22H24N2O2. The molecule has 4 nitrogen and oxygen atoms in total. The van der Waals surface area contributed by atoms with E-state index < -0.39 is 0 Å². The van der Waals surface area contributed by atoms with Gasteiger partial charge in [-0.3, -0.25) is 0 Å². The van der Waals surface area contributed by atoms with Crippen LogP contribution in [-0.2, 0) is 13.2 Å². The summed E-state index contributed by atoms with van der Waals surface area (Å²) >= 11 is 0. The van der Waals surface area contributed by atoms with Crippen molar-refractivity contribution in [1.82, 2.24) is 9.55 Å². The summed E-state index contributed by atoms with van der Waals surface area (Å²) in [6.07, 6.45) is 4.02. The lowest BCUT2D eigenvalue weighted by Crippen LogP contribution is -2.08. The summed E-state index contributed by atoms with van der Waals surface area (Å²) in [5.74, 6) is 2.28. The van der Waals surface area contributed by atoms with Crippen LogP contribution in [0.4, 0.5) is 0 Å². The second kappa shape index (κ2) is 7.91. The minimum atomic E-state index is 0.362. The van der Waals surface area contributed by atoms with Crippen LogP contribution in [0.15, 0.2) is 60.7 Å². The largest absolute Gasteiger partial charge is 0.493 e. The van der Waals surface area contributed by atoms with E-state index >= 15 is 0 Å². The van der Waals surface area contributed by atoms with Gasteiger partial charge in [-0.2, -0.15) is 0 Å². The molecular weight excluding hydrogens is 324 g/mol. The van der Waals surface area contributed by atoms with Gasteiger partial charge in [-0.05, 0) is 43.7 Å². The van der Waals surface area contributed by atoms with Gasteiger partial charge in [0.15, 0.2) is 11.5 Å². The Balaban J connectivity index is 1.89. The molecule has 0 bridgehead atoms. The van der Waals surface area contributed by atoms with Crippen molar-refractivity contribution in [1.29, 1.82) is 0 Å². The van der Waals surface area contributed by atoms with Crippen molar-refractivity contribution in [3.05, 3.63) is 72.1 Å². The Kier molecular flexibility index (Phi) is 5.42. The van der Waals surface area contributed by atoms with Crippen molar-refractivity contribution >= 4 is 17.1 Å². The van der Waals surface area contributed by atoms with Crippen LogP contribution in [0, 0.1) is 0 Å². The van der Waals surface area contributed by atoms with Crippen molar-refractivity contribution in [2.75, 3.05) is 7.11 Å². The smallest absolute Gasteiger partial charge is 0.161 e. The summed E-state index contributed by atoms with van der Waals surface area (Å²) in [5.41, 5.74) is 4.20. The summed E-state index contributed by atoms with van der Waals surface area (Å²) in [7, 11) is 1.65. The Morgan fingerprint density at radius 2 is 2.00 bits per heavy atom. The van der Waals surface area contributed by atoms with E-state index in [1.807, 2.05) is 62.4 Å². The Morgan fingerprint density at radius 1 is 1.19 bits per heavy atom. The minimum absolute atomic E-state index is 0.362. The van der Waals surface area contributed by atoms with Crippen molar-refractivity contribution in [2.24, 2.45) is 0 Å². The summed E-state index contributed by atoms with van der Waals surface area (Å²) < 4.78 is 13.7. The normalized spacial score (nSPS) is 11.2. The highest BCUT2D eigenvalue weighted by Crippen LogP contribution is 2.29. The van der Waals surface area contributed by atoms with Crippen LogP contribution in [0.5, 0.6) is 11.5 Å². The van der Waals surface area contributed by atoms with E-state index in [0.29, 0.717) is 18.1 Å². The maximum atomic E-state index is 6.04. The number of ether oxygens (including phenoxy) is 2. The standard InChI is InChI=1S/C22H24N2O2/c1-5-8-17-11-12-20(21(13-17)25-4)26-15-22-23-18-9-6-7-10-19(18)24(22)14-16(2)3/h5-13H,2,14-15H2,1,3-4H3/b8-5-. The first kappa shape index (κ1) is 17.8. The molecule has 0 aliphatic heterocycles. The second-order valence-electron chi connectivity index (χ2n) is 6.26. The van der Waals surface area contributed by atoms with Crippen LogP contribution in [0.3, 0.4) is 0 Å². The lowest BCUT2D eigenvalue weighted by Gasteiger charge is -2.13. The van der Waals surface area contributed by atoms with E-state index in [1.165, 1.54) is 0 Å². The fraction of sp³-hybridized carbons (Fsp3) is 0.227. The maximum absolute atomic E-state index is 6.04. The molecule has 0 saturated carbocycles. The van der Waals surface area contributed by atoms with Crippen LogP contribution in [-0.4, -0.2) is 16.7 Å². The molecule has 1 aromatic heterocycles. The van der Waals surface area contributed by atoms with Crippen molar-refractivity contribution in [3.8, 4) is 11.5 Å². The topological polar surface area (TPSA) is 36.3 Å². The minimum Gasteiger partial charge on any atom is -0.493 e. The number of allylic oxidation sites excluding steroid dienone is 2. The first-order valence-electron chi connectivity index (χ1n) is 8.64. The molecule has 0 aliphatic rings. The zero-order valence-electron chi connectivity index (χ0n) is 15.5. The Morgan fingerprint density at radius 3 is 2.73 bits per heavy atom. The zero-order valence-corrected chi connectivity index (χ0v) is 15.5. The highest BCUT2D eigenvalue weighted by molar-refractivity contribution is 5.76. The second-order valence-corrected chi connectivity index (χ2v) is 6.26. The Hall–Kier alpha value is -3.01. The number of rotatable bonds is 7. The van der Waals surface area contributed by atoms with E-state index in [0.717, 1.165) is 34.5 Å². The number of aromatic nitrogens is 2. The molecule has 0 unspecified atom stereocenters. The number of methoxy groups -OCH3 is 1. The lowest BCUT2D eigenvalue weighted by atomic mass is 10.2. The third kappa shape index (κ3) is 3.80.